The van der Waals surface area contributed by atoms with Gasteiger partial charge in [-0.1, -0.05) is 13.0 Å². The van der Waals surface area contributed by atoms with Crippen LogP contribution in [-0.4, -0.2) is 37.6 Å². The molecule has 1 aromatic carbocycles. The normalized spacial score (nSPS) is 18.0. The third kappa shape index (κ3) is 3.12. The zero-order chi connectivity index (χ0) is 15.8. The summed E-state index contributed by atoms with van der Waals surface area (Å²) in [5, 5.41) is 0. The first kappa shape index (κ1) is 16.0. The van der Waals surface area contributed by atoms with Gasteiger partial charge in [0.15, 0.2) is 9.84 Å². The van der Waals surface area contributed by atoms with Gasteiger partial charge in [0, 0.05) is 23.9 Å². The minimum atomic E-state index is -3.31. The molecular formula is C16H23NO3S. The molecule has 0 aromatic heterocycles. The van der Waals surface area contributed by atoms with E-state index in [1.54, 1.807) is 12.1 Å². The first-order chi connectivity index (χ1) is 9.66. The summed E-state index contributed by atoms with van der Waals surface area (Å²) >= 11 is 0. The maximum atomic E-state index is 12.9. The van der Waals surface area contributed by atoms with Gasteiger partial charge in [0.1, 0.15) is 0 Å². The fraction of sp³-hybridized carbons (Fsp3) is 0.562. The van der Waals surface area contributed by atoms with Crippen molar-refractivity contribution in [2.75, 3.05) is 12.8 Å². The number of likely N-dealkylation sites (tertiary alicyclic amines) is 1. The second-order valence-electron chi connectivity index (χ2n) is 6.32. The fourth-order valence-corrected chi connectivity index (χ4v) is 3.57. The number of amides is 1. The molecule has 1 heterocycles. The predicted octanol–water partition coefficient (Wildman–Crippen LogP) is 2.67. The average Bonchev–Trinajstić information content (AvgIpc) is 2.75. The predicted molar refractivity (Wildman–Crippen MR) is 83.3 cm³/mol. The highest BCUT2D eigenvalue weighted by molar-refractivity contribution is 7.90. The molecule has 4 nitrogen and oxygen atoms in total. The average molecular weight is 309 g/mol. The summed E-state index contributed by atoms with van der Waals surface area (Å²) in [5.74, 6) is -0.0557. The minimum absolute atomic E-state index is 0.0557. The Hall–Kier alpha value is -1.36. The highest BCUT2D eigenvalue weighted by Gasteiger charge is 2.36. The Morgan fingerprint density at radius 1 is 1.33 bits per heavy atom. The van der Waals surface area contributed by atoms with E-state index in [4.69, 9.17) is 0 Å². The van der Waals surface area contributed by atoms with Crippen molar-refractivity contribution in [3.63, 3.8) is 0 Å². The molecule has 116 valence electrons. The molecule has 21 heavy (non-hydrogen) atoms. The van der Waals surface area contributed by atoms with Gasteiger partial charge in [-0.05, 0) is 50.8 Å². The van der Waals surface area contributed by atoms with Crippen molar-refractivity contribution < 1.29 is 13.2 Å². The van der Waals surface area contributed by atoms with Gasteiger partial charge in [-0.2, -0.15) is 0 Å². The Labute approximate surface area is 127 Å². The van der Waals surface area contributed by atoms with Gasteiger partial charge in [0.25, 0.3) is 5.91 Å². The molecule has 1 aliphatic heterocycles. The molecule has 1 fully saturated rings. The lowest BCUT2D eigenvalue weighted by molar-refractivity contribution is 0.0650. The third-order valence-corrected chi connectivity index (χ3v) is 5.38. The van der Waals surface area contributed by atoms with Crippen LogP contribution in [0.4, 0.5) is 0 Å². The number of sulfone groups is 1. The van der Waals surface area contributed by atoms with E-state index in [-0.39, 0.29) is 16.3 Å². The van der Waals surface area contributed by atoms with Crippen LogP contribution in [0.15, 0.2) is 23.1 Å². The summed E-state index contributed by atoms with van der Waals surface area (Å²) < 4.78 is 23.5. The number of hydrogen-bond donors (Lipinski definition) is 0. The first-order valence-corrected chi connectivity index (χ1v) is 9.21. The number of carbonyl (C=O) groups excluding carboxylic acids is 1. The van der Waals surface area contributed by atoms with Gasteiger partial charge >= 0.3 is 0 Å². The molecule has 0 atom stereocenters. The topological polar surface area (TPSA) is 54.5 Å². The van der Waals surface area contributed by atoms with Gasteiger partial charge < -0.3 is 4.90 Å². The van der Waals surface area contributed by atoms with Gasteiger partial charge in [0.2, 0.25) is 0 Å². The lowest BCUT2D eigenvalue weighted by atomic mass is 9.99. The number of benzene rings is 1. The molecule has 0 aliphatic carbocycles. The van der Waals surface area contributed by atoms with E-state index < -0.39 is 9.84 Å². The second kappa shape index (κ2) is 5.44. The van der Waals surface area contributed by atoms with Crippen LogP contribution in [0.1, 0.15) is 49.5 Å². The SMILES string of the molecule is CCc1ccc(S(C)(=O)=O)cc1C(=O)N1CCCC1(C)C. The highest BCUT2D eigenvalue weighted by atomic mass is 32.2. The van der Waals surface area contributed by atoms with Crippen LogP contribution < -0.4 is 0 Å². The molecule has 1 amide bonds. The van der Waals surface area contributed by atoms with Gasteiger partial charge in [0.05, 0.1) is 4.90 Å². The first-order valence-electron chi connectivity index (χ1n) is 7.32. The molecule has 0 spiro atoms. The number of nitrogens with zero attached hydrogens (tertiary/aromatic N) is 1. The summed E-state index contributed by atoms with van der Waals surface area (Å²) in [6.07, 6.45) is 3.85. The maximum absolute atomic E-state index is 12.9. The molecule has 0 saturated carbocycles. The molecule has 0 bridgehead atoms. The van der Waals surface area contributed by atoms with Gasteiger partial charge in [-0.3, -0.25) is 4.79 Å². The Morgan fingerprint density at radius 3 is 2.48 bits per heavy atom. The van der Waals surface area contributed by atoms with Crippen LogP contribution in [0.25, 0.3) is 0 Å². The second-order valence-corrected chi connectivity index (χ2v) is 8.33. The molecular weight excluding hydrogens is 286 g/mol. The van der Waals surface area contributed by atoms with Crippen molar-refractivity contribution in [1.29, 1.82) is 0 Å². The molecule has 0 unspecified atom stereocenters. The van der Waals surface area contributed by atoms with Gasteiger partial charge in [-0.15, -0.1) is 0 Å². The lowest BCUT2D eigenvalue weighted by Crippen LogP contribution is -2.43. The molecule has 1 aromatic rings. The third-order valence-electron chi connectivity index (χ3n) is 4.27. The quantitative estimate of drug-likeness (QED) is 0.862. The van der Waals surface area contributed by atoms with Gasteiger partial charge in [-0.25, -0.2) is 8.42 Å². The Morgan fingerprint density at radius 2 is 2.00 bits per heavy atom. The molecule has 1 saturated heterocycles. The van der Waals surface area contributed by atoms with Crippen LogP contribution in [-0.2, 0) is 16.3 Å². The number of hydrogen-bond acceptors (Lipinski definition) is 3. The summed E-state index contributed by atoms with van der Waals surface area (Å²) in [6, 6.07) is 4.87. The monoisotopic (exact) mass is 309 g/mol. The molecule has 5 heteroatoms. The molecule has 0 radical (unpaired) electrons. The Bertz CT molecular complexity index is 662. The van der Waals surface area contributed by atoms with Crippen LogP contribution in [0.2, 0.25) is 0 Å². The highest BCUT2D eigenvalue weighted by Crippen LogP contribution is 2.31. The zero-order valence-electron chi connectivity index (χ0n) is 13.1. The van der Waals surface area contributed by atoms with E-state index in [0.717, 1.165) is 24.9 Å². The van der Waals surface area contributed by atoms with Crippen molar-refractivity contribution in [2.45, 2.75) is 50.5 Å². The summed E-state index contributed by atoms with van der Waals surface area (Å²) in [5.41, 5.74) is 1.26. The van der Waals surface area contributed by atoms with E-state index in [1.165, 1.54) is 12.3 Å². The van der Waals surface area contributed by atoms with E-state index in [2.05, 4.69) is 13.8 Å². The summed E-state index contributed by atoms with van der Waals surface area (Å²) in [6.45, 7) is 6.83. The minimum Gasteiger partial charge on any atom is -0.334 e. The van der Waals surface area contributed by atoms with E-state index in [1.807, 2.05) is 11.8 Å². The number of carbonyl (C=O) groups is 1. The van der Waals surface area contributed by atoms with E-state index >= 15 is 0 Å². The summed E-state index contributed by atoms with van der Waals surface area (Å²) in [7, 11) is -3.31. The van der Waals surface area contributed by atoms with Crippen molar-refractivity contribution in [2.24, 2.45) is 0 Å². The van der Waals surface area contributed by atoms with Crippen LogP contribution in [0, 0.1) is 0 Å². The van der Waals surface area contributed by atoms with Crippen molar-refractivity contribution in [3.05, 3.63) is 29.3 Å². The Balaban J connectivity index is 2.49. The van der Waals surface area contributed by atoms with Crippen molar-refractivity contribution >= 4 is 15.7 Å². The summed E-state index contributed by atoms with van der Waals surface area (Å²) in [4.78, 5) is 14.9. The Kier molecular flexibility index (Phi) is 4.15. The molecule has 1 aliphatic rings. The smallest absolute Gasteiger partial charge is 0.254 e. The zero-order valence-corrected chi connectivity index (χ0v) is 14.0. The number of rotatable bonds is 3. The van der Waals surface area contributed by atoms with Crippen molar-refractivity contribution in [3.8, 4) is 0 Å². The standard InChI is InChI=1S/C16H23NO3S/c1-5-12-7-8-13(21(4,19)20)11-14(12)15(18)17-10-6-9-16(17,2)3/h7-8,11H,5-6,9-10H2,1-4H3. The van der Waals surface area contributed by atoms with Crippen LogP contribution in [0.3, 0.4) is 0 Å². The number of aryl methyl sites for hydroxylation is 1. The van der Waals surface area contributed by atoms with Crippen LogP contribution in [0.5, 0.6) is 0 Å². The van der Waals surface area contributed by atoms with E-state index in [9.17, 15) is 13.2 Å². The van der Waals surface area contributed by atoms with E-state index in [0.29, 0.717) is 12.0 Å². The fourth-order valence-electron chi connectivity index (χ4n) is 2.92. The maximum Gasteiger partial charge on any atom is 0.254 e. The molecule has 0 N–H and O–H groups in total. The van der Waals surface area contributed by atoms with Crippen LogP contribution >= 0.6 is 0 Å². The lowest BCUT2D eigenvalue weighted by Gasteiger charge is -2.32. The van der Waals surface area contributed by atoms with Crippen molar-refractivity contribution in [1.82, 2.24) is 4.90 Å². The largest absolute Gasteiger partial charge is 0.334 e. The molecule has 2 rings (SSSR count).